The molecule has 1 amide bonds. The number of halogens is 3. The zero-order valence-electron chi connectivity index (χ0n) is 26.2. The number of aliphatic carboxylic acids is 1. The molecule has 4 heterocycles. The highest BCUT2D eigenvalue weighted by atomic mass is 19.4. The summed E-state index contributed by atoms with van der Waals surface area (Å²) in [6.45, 7) is 4.20. The monoisotopic (exact) mass is 645 g/mol. The average Bonchev–Trinajstić information content (AvgIpc) is 3.36. The van der Waals surface area contributed by atoms with Crippen molar-refractivity contribution >= 4 is 23.5 Å². The Morgan fingerprint density at radius 2 is 1.83 bits per heavy atom. The molecule has 0 atom stereocenters. The van der Waals surface area contributed by atoms with Crippen LogP contribution >= 0.6 is 0 Å². The van der Waals surface area contributed by atoms with Crippen LogP contribution in [0.4, 0.5) is 24.8 Å². The lowest BCUT2D eigenvalue weighted by atomic mass is 9.74. The van der Waals surface area contributed by atoms with Gasteiger partial charge in [0.05, 0.1) is 12.2 Å². The van der Waals surface area contributed by atoms with E-state index in [9.17, 15) is 27.9 Å². The molecule has 0 unspecified atom stereocenters. The first kappa shape index (κ1) is 32.5. The van der Waals surface area contributed by atoms with E-state index in [1.54, 1.807) is 4.90 Å². The molecule has 3 aliphatic heterocycles. The molecule has 2 saturated heterocycles. The number of carbonyl (C=O) groups is 2. The largest absolute Gasteiger partial charge is 0.494 e. The van der Waals surface area contributed by atoms with E-state index in [1.807, 2.05) is 18.2 Å². The van der Waals surface area contributed by atoms with Gasteiger partial charge in [0.2, 0.25) is 5.95 Å². The van der Waals surface area contributed by atoms with E-state index in [-0.39, 0.29) is 24.2 Å². The number of nitrogens with zero attached hydrogens (tertiary/aromatic N) is 4. The van der Waals surface area contributed by atoms with E-state index < -0.39 is 34.8 Å². The lowest BCUT2D eigenvalue weighted by Gasteiger charge is -2.38. The molecular weight excluding hydrogens is 603 g/mol. The SMILES string of the molecule is CN1CCC2(CC1)CN(c1ncc(C(=O)NC3(C(=O)O)CCCCC3)c(C(F)(F)F)n1)c1ccc(OCCC3CCOCC3)cc12. The van der Waals surface area contributed by atoms with Gasteiger partial charge >= 0.3 is 12.1 Å². The van der Waals surface area contributed by atoms with Crippen LogP contribution in [0.25, 0.3) is 0 Å². The number of aromatic nitrogens is 2. The molecule has 1 aromatic heterocycles. The Morgan fingerprint density at radius 1 is 1.11 bits per heavy atom. The topological polar surface area (TPSA) is 117 Å². The molecule has 6 rings (SSSR count). The Morgan fingerprint density at radius 3 is 2.50 bits per heavy atom. The number of alkyl halides is 3. The van der Waals surface area contributed by atoms with Crippen LogP contribution in [0, 0.1) is 5.92 Å². The Bertz CT molecular complexity index is 1430. The fourth-order valence-corrected chi connectivity index (χ4v) is 7.49. The predicted octanol–water partition coefficient (Wildman–Crippen LogP) is 5.32. The summed E-state index contributed by atoms with van der Waals surface area (Å²) in [7, 11) is 2.06. The van der Waals surface area contributed by atoms with E-state index in [4.69, 9.17) is 9.47 Å². The summed E-state index contributed by atoms with van der Waals surface area (Å²) < 4.78 is 55.0. The lowest BCUT2D eigenvalue weighted by molar-refractivity contribution is -0.145. The van der Waals surface area contributed by atoms with Gasteiger partial charge in [0, 0.05) is 37.1 Å². The Labute approximate surface area is 266 Å². The Balaban J connectivity index is 1.29. The fourth-order valence-electron chi connectivity index (χ4n) is 7.49. The van der Waals surface area contributed by atoms with E-state index in [2.05, 4.69) is 27.2 Å². The number of fused-ring (bicyclic) bond motifs is 2. The van der Waals surface area contributed by atoms with E-state index in [0.717, 1.165) is 88.0 Å². The number of carboxylic acid groups (broad SMARTS) is 1. The van der Waals surface area contributed by atoms with Crippen LogP contribution < -0.4 is 15.0 Å². The molecular formula is C33H42F3N5O5. The third-order valence-corrected chi connectivity index (χ3v) is 10.4. The van der Waals surface area contributed by atoms with Gasteiger partial charge in [-0.25, -0.2) is 14.8 Å². The van der Waals surface area contributed by atoms with Gasteiger partial charge in [-0.15, -0.1) is 0 Å². The third kappa shape index (κ3) is 6.53. The first-order chi connectivity index (χ1) is 22.0. The van der Waals surface area contributed by atoms with Crippen LogP contribution in [0.3, 0.4) is 0 Å². The number of nitrogens with one attached hydrogen (secondary N) is 1. The zero-order valence-corrected chi connectivity index (χ0v) is 26.2. The van der Waals surface area contributed by atoms with Gasteiger partial charge in [-0.2, -0.15) is 13.2 Å². The number of hydrogen-bond acceptors (Lipinski definition) is 8. The molecule has 0 radical (unpaired) electrons. The zero-order chi connectivity index (χ0) is 32.5. The van der Waals surface area contributed by atoms with Crippen LogP contribution in [-0.4, -0.2) is 83.9 Å². The molecule has 1 aliphatic carbocycles. The van der Waals surface area contributed by atoms with Crippen molar-refractivity contribution in [2.24, 2.45) is 5.92 Å². The molecule has 250 valence electrons. The maximum absolute atomic E-state index is 14.5. The van der Waals surface area contributed by atoms with Crippen LogP contribution in [0.15, 0.2) is 24.4 Å². The highest BCUT2D eigenvalue weighted by molar-refractivity contribution is 5.98. The van der Waals surface area contributed by atoms with E-state index in [0.29, 0.717) is 31.9 Å². The Kier molecular flexibility index (Phi) is 9.17. The van der Waals surface area contributed by atoms with Crippen molar-refractivity contribution in [3.63, 3.8) is 0 Å². The highest BCUT2D eigenvalue weighted by Crippen LogP contribution is 2.50. The summed E-state index contributed by atoms with van der Waals surface area (Å²) in [6.07, 6.45) is 2.74. The molecule has 2 aromatic rings. The van der Waals surface area contributed by atoms with Gasteiger partial charge in [-0.1, -0.05) is 19.3 Å². The van der Waals surface area contributed by atoms with E-state index >= 15 is 0 Å². The summed E-state index contributed by atoms with van der Waals surface area (Å²) in [5.74, 6) is -1.25. The molecule has 1 spiro atoms. The molecule has 3 fully saturated rings. The fraction of sp³-hybridized carbons (Fsp3) is 0.636. The summed E-state index contributed by atoms with van der Waals surface area (Å²) in [4.78, 5) is 37.5. The summed E-state index contributed by atoms with van der Waals surface area (Å²) in [5.41, 5.74) is -2.39. The van der Waals surface area contributed by atoms with Crippen molar-refractivity contribution in [3.05, 3.63) is 41.2 Å². The second-order valence-corrected chi connectivity index (χ2v) is 13.4. The maximum atomic E-state index is 14.5. The van der Waals surface area contributed by atoms with Gasteiger partial charge in [0.1, 0.15) is 11.3 Å². The molecule has 1 saturated carbocycles. The van der Waals surface area contributed by atoms with Crippen molar-refractivity contribution in [2.45, 2.75) is 81.3 Å². The number of piperidine rings is 1. The standard InChI is InChI=1S/C33H42F3N5O5/c1-40-14-12-31(13-15-40)21-41(26-6-5-23(19-25(26)31)46-18-9-22-7-16-45-17-8-22)30-37-20-24(27(38-30)33(34,35)36)28(42)39-32(29(43)44)10-3-2-4-11-32/h5-6,19-20,22H,2-4,7-18,21H2,1H3,(H,39,42)(H,43,44). The van der Waals surface area contributed by atoms with Crippen molar-refractivity contribution < 1.29 is 37.3 Å². The summed E-state index contributed by atoms with van der Waals surface area (Å²) in [5, 5.41) is 12.3. The molecule has 1 aromatic carbocycles. The number of amides is 1. The second-order valence-electron chi connectivity index (χ2n) is 13.4. The molecule has 2 N–H and O–H groups in total. The minimum absolute atomic E-state index is 0.150. The number of benzene rings is 1. The molecule has 46 heavy (non-hydrogen) atoms. The second kappa shape index (κ2) is 13.0. The van der Waals surface area contributed by atoms with Gasteiger partial charge in [0.25, 0.3) is 5.91 Å². The van der Waals surface area contributed by atoms with Crippen LogP contribution in [0.1, 0.15) is 85.8 Å². The van der Waals surface area contributed by atoms with Gasteiger partial charge < -0.3 is 29.7 Å². The molecule has 13 heteroatoms. The minimum Gasteiger partial charge on any atom is -0.494 e. The summed E-state index contributed by atoms with van der Waals surface area (Å²) >= 11 is 0. The minimum atomic E-state index is -4.97. The molecule has 0 bridgehead atoms. The normalized spacial score (nSPS) is 21.6. The van der Waals surface area contributed by atoms with Crippen LogP contribution in [-0.2, 0) is 21.1 Å². The number of likely N-dealkylation sites (tertiary alicyclic amines) is 1. The predicted molar refractivity (Wildman–Crippen MR) is 163 cm³/mol. The van der Waals surface area contributed by atoms with Crippen LogP contribution in [0.2, 0.25) is 0 Å². The quantitative estimate of drug-likeness (QED) is 0.393. The number of hydrogen-bond donors (Lipinski definition) is 2. The van der Waals surface area contributed by atoms with Crippen molar-refractivity contribution in [2.75, 3.05) is 51.4 Å². The number of carboxylic acids is 1. The Hall–Kier alpha value is -3.45. The summed E-state index contributed by atoms with van der Waals surface area (Å²) in [6, 6.07) is 5.72. The first-order valence-electron chi connectivity index (χ1n) is 16.3. The number of ether oxygens (including phenoxy) is 2. The molecule has 4 aliphatic rings. The van der Waals surface area contributed by atoms with Gasteiger partial charge in [-0.3, -0.25) is 4.79 Å². The average molecular weight is 646 g/mol. The first-order valence-corrected chi connectivity index (χ1v) is 16.3. The van der Waals surface area contributed by atoms with Crippen molar-refractivity contribution in [3.8, 4) is 5.75 Å². The van der Waals surface area contributed by atoms with Crippen molar-refractivity contribution in [1.29, 1.82) is 0 Å². The smallest absolute Gasteiger partial charge is 0.434 e. The lowest BCUT2D eigenvalue weighted by Crippen LogP contribution is -2.55. The van der Waals surface area contributed by atoms with E-state index in [1.165, 1.54) is 0 Å². The van der Waals surface area contributed by atoms with Crippen LogP contribution in [0.5, 0.6) is 5.75 Å². The third-order valence-electron chi connectivity index (χ3n) is 10.4. The number of anilines is 2. The maximum Gasteiger partial charge on any atom is 0.434 e. The van der Waals surface area contributed by atoms with Gasteiger partial charge in [-0.05, 0) is 94.8 Å². The molecule has 10 nitrogen and oxygen atoms in total. The van der Waals surface area contributed by atoms with Gasteiger partial charge in [0.15, 0.2) is 5.69 Å². The number of rotatable bonds is 8. The highest BCUT2D eigenvalue weighted by Gasteiger charge is 2.48. The van der Waals surface area contributed by atoms with Crippen molar-refractivity contribution in [1.82, 2.24) is 20.2 Å². The number of carbonyl (C=O) groups excluding carboxylic acids is 1.